The molecule has 2 aromatic rings. The highest BCUT2D eigenvalue weighted by molar-refractivity contribution is 7.98. The summed E-state index contributed by atoms with van der Waals surface area (Å²) in [6, 6.07) is 3.64. The van der Waals surface area contributed by atoms with E-state index in [1.54, 1.807) is 23.3 Å². The molecule has 0 aliphatic carbocycles. The fraction of sp³-hybridized carbons (Fsp3) is 0.417. The number of nitrogens with one attached hydrogen (secondary N) is 1. The second kappa shape index (κ2) is 6.21. The highest BCUT2D eigenvalue weighted by Gasteiger charge is 2.20. The molecule has 1 heterocycles. The fourth-order valence-corrected chi connectivity index (χ4v) is 3.24. The lowest BCUT2D eigenvalue weighted by molar-refractivity contribution is -0.382. The third kappa shape index (κ3) is 3.16. The van der Waals surface area contributed by atoms with E-state index in [0.29, 0.717) is 17.1 Å². The number of nitrogens with zero attached hydrogens (tertiary/aromatic N) is 2. The normalized spacial score (nSPS) is 12.5. The Kier molecular flexibility index (Phi) is 4.60. The van der Waals surface area contributed by atoms with Crippen molar-refractivity contribution in [2.45, 2.75) is 6.92 Å². The largest absolute Gasteiger partial charge is 0.379 e. The lowest BCUT2D eigenvalue weighted by Gasteiger charge is -2.12. The zero-order valence-corrected chi connectivity index (χ0v) is 12.4. The summed E-state index contributed by atoms with van der Waals surface area (Å²) in [6.07, 6.45) is 2.06. The Labute approximate surface area is 119 Å². The molecule has 1 aromatic heterocycles. The van der Waals surface area contributed by atoms with Crippen molar-refractivity contribution in [1.82, 2.24) is 4.98 Å². The minimum atomic E-state index is -0.358. The van der Waals surface area contributed by atoms with Crippen LogP contribution in [0.3, 0.4) is 0 Å². The number of nitro groups is 1. The number of anilines is 1. The van der Waals surface area contributed by atoms with E-state index in [1.807, 2.05) is 6.07 Å². The summed E-state index contributed by atoms with van der Waals surface area (Å²) in [6.45, 7) is 2.84. The number of aromatic nitrogens is 1. The lowest BCUT2D eigenvalue weighted by Crippen LogP contribution is -2.14. The maximum Gasteiger partial charge on any atom is 0.319 e. The van der Waals surface area contributed by atoms with Crippen molar-refractivity contribution in [2.75, 3.05) is 23.9 Å². The van der Waals surface area contributed by atoms with Gasteiger partial charge in [0.15, 0.2) is 5.52 Å². The van der Waals surface area contributed by atoms with Crippen LogP contribution in [0, 0.1) is 16.0 Å². The number of hydrogen-bond donors (Lipinski definition) is 1. The zero-order chi connectivity index (χ0) is 13.8. The molecule has 1 atom stereocenters. The monoisotopic (exact) mass is 297 g/mol. The maximum atomic E-state index is 11.2. The van der Waals surface area contributed by atoms with E-state index in [2.05, 4.69) is 23.5 Å². The first kappa shape index (κ1) is 14.1. The van der Waals surface area contributed by atoms with Gasteiger partial charge in [-0.15, -0.1) is 11.3 Å². The lowest BCUT2D eigenvalue weighted by atomic mass is 10.2. The van der Waals surface area contributed by atoms with Gasteiger partial charge in [0, 0.05) is 6.54 Å². The van der Waals surface area contributed by atoms with Gasteiger partial charge in [0.1, 0.15) is 5.69 Å². The molecule has 0 bridgehead atoms. The Morgan fingerprint density at radius 1 is 1.58 bits per heavy atom. The molecule has 1 N–H and O–H groups in total. The van der Waals surface area contributed by atoms with Crippen molar-refractivity contribution in [2.24, 2.45) is 5.92 Å². The molecule has 1 unspecified atom stereocenters. The summed E-state index contributed by atoms with van der Waals surface area (Å²) in [4.78, 5) is 15.0. The number of nitro benzene ring substituents is 1. The van der Waals surface area contributed by atoms with Crippen LogP contribution in [0.15, 0.2) is 17.6 Å². The van der Waals surface area contributed by atoms with Crippen LogP contribution in [-0.2, 0) is 0 Å². The third-order valence-corrected chi connectivity index (χ3v) is 4.45. The van der Waals surface area contributed by atoms with Gasteiger partial charge in [0.25, 0.3) is 0 Å². The van der Waals surface area contributed by atoms with Gasteiger partial charge in [-0.1, -0.05) is 6.92 Å². The van der Waals surface area contributed by atoms with Gasteiger partial charge in [-0.3, -0.25) is 10.1 Å². The standard InChI is InChI=1S/C12H15N3O2S2/c1-8(6-18-2)5-13-9-3-4-10-11(14-7-19-10)12(9)15(16)17/h3-4,7-8,13H,5-6H2,1-2H3. The SMILES string of the molecule is CSCC(C)CNc1ccc2scnc2c1[N+](=O)[O-]. The second-order valence-corrected chi connectivity index (χ2v) is 6.16. The highest BCUT2D eigenvalue weighted by atomic mass is 32.2. The average Bonchev–Trinajstić information content (AvgIpc) is 2.83. The number of benzene rings is 1. The highest BCUT2D eigenvalue weighted by Crippen LogP contribution is 2.34. The summed E-state index contributed by atoms with van der Waals surface area (Å²) >= 11 is 3.19. The van der Waals surface area contributed by atoms with E-state index >= 15 is 0 Å². The molecule has 5 nitrogen and oxygen atoms in total. The van der Waals surface area contributed by atoms with Crippen LogP contribution < -0.4 is 5.32 Å². The molecule has 0 saturated carbocycles. The number of thioether (sulfide) groups is 1. The predicted molar refractivity (Wildman–Crippen MR) is 82.3 cm³/mol. The van der Waals surface area contributed by atoms with Crippen molar-refractivity contribution in [3.05, 3.63) is 27.8 Å². The number of rotatable bonds is 6. The molecule has 19 heavy (non-hydrogen) atoms. The summed E-state index contributed by atoms with van der Waals surface area (Å²) in [5.41, 5.74) is 2.74. The van der Waals surface area contributed by atoms with Crippen LogP contribution in [0.2, 0.25) is 0 Å². The maximum absolute atomic E-state index is 11.2. The van der Waals surface area contributed by atoms with Crippen LogP contribution >= 0.6 is 23.1 Å². The molecule has 1 aromatic carbocycles. The van der Waals surface area contributed by atoms with Crippen molar-refractivity contribution in [3.8, 4) is 0 Å². The van der Waals surface area contributed by atoms with Crippen LogP contribution in [-0.4, -0.2) is 28.5 Å². The second-order valence-electron chi connectivity index (χ2n) is 4.36. The van der Waals surface area contributed by atoms with Gasteiger partial charge < -0.3 is 5.32 Å². The van der Waals surface area contributed by atoms with Gasteiger partial charge in [0.05, 0.1) is 15.1 Å². The van der Waals surface area contributed by atoms with Gasteiger partial charge >= 0.3 is 5.69 Å². The minimum absolute atomic E-state index is 0.0788. The number of fused-ring (bicyclic) bond motifs is 1. The Bertz CT molecular complexity index is 585. The molecule has 0 fully saturated rings. The molecule has 102 valence electrons. The topological polar surface area (TPSA) is 68.1 Å². The Morgan fingerprint density at radius 2 is 2.37 bits per heavy atom. The van der Waals surface area contributed by atoms with Crippen molar-refractivity contribution >= 4 is 44.7 Å². The zero-order valence-electron chi connectivity index (χ0n) is 10.8. The van der Waals surface area contributed by atoms with Gasteiger partial charge in [-0.05, 0) is 30.1 Å². The Morgan fingerprint density at radius 3 is 3.05 bits per heavy atom. The van der Waals surface area contributed by atoms with Crippen LogP contribution in [0.25, 0.3) is 10.2 Å². The average molecular weight is 297 g/mol. The first-order chi connectivity index (χ1) is 9.13. The van der Waals surface area contributed by atoms with E-state index in [4.69, 9.17) is 0 Å². The fourth-order valence-electron chi connectivity index (χ4n) is 1.87. The molecule has 0 saturated heterocycles. The van der Waals surface area contributed by atoms with E-state index in [0.717, 1.165) is 17.0 Å². The molecular weight excluding hydrogens is 282 g/mol. The molecule has 0 aliphatic heterocycles. The molecule has 0 spiro atoms. The van der Waals surface area contributed by atoms with E-state index in [-0.39, 0.29) is 10.6 Å². The van der Waals surface area contributed by atoms with Crippen molar-refractivity contribution in [1.29, 1.82) is 0 Å². The summed E-state index contributed by atoms with van der Waals surface area (Å²) in [7, 11) is 0. The van der Waals surface area contributed by atoms with Gasteiger partial charge in [-0.2, -0.15) is 11.8 Å². The number of thiazole rings is 1. The summed E-state index contributed by atoms with van der Waals surface area (Å²) in [5, 5.41) is 14.4. The molecule has 0 aliphatic rings. The first-order valence-electron chi connectivity index (χ1n) is 5.87. The third-order valence-electron chi connectivity index (χ3n) is 2.75. The van der Waals surface area contributed by atoms with Crippen LogP contribution in [0.4, 0.5) is 11.4 Å². The molecular formula is C12H15N3O2S2. The van der Waals surface area contributed by atoms with E-state index in [9.17, 15) is 10.1 Å². The molecule has 2 rings (SSSR count). The predicted octanol–water partition coefficient (Wildman–Crippen LogP) is 3.62. The minimum Gasteiger partial charge on any atom is -0.379 e. The van der Waals surface area contributed by atoms with Crippen LogP contribution in [0.1, 0.15) is 6.92 Å². The Balaban J connectivity index is 2.27. The van der Waals surface area contributed by atoms with Gasteiger partial charge in [0.2, 0.25) is 0 Å². The van der Waals surface area contributed by atoms with Crippen LogP contribution in [0.5, 0.6) is 0 Å². The Hall–Kier alpha value is -1.34. The van der Waals surface area contributed by atoms with E-state index < -0.39 is 0 Å². The number of hydrogen-bond acceptors (Lipinski definition) is 6. The van der Waals surface area contributed by atoms with Gasteiger partial charge in [-0.25, -0.2) is 4.98 Å². The quantitative estimate of drug-likeness (QED) is 0.651. The molecule has 7 heteroatoms. The van der Waals surface area contributed by atoms with E-state index in [1.165, 1.54) is 11.3 Å². The van der Waals surface area contributed by atoms with Crippen molar-refractivity contribution < 1.29 is 4.92 Å². The smallest absolute Gasteiger partial charge is 0.319 e. The summed E-state index contributed by atoms with van der Waals surface area (Å²) in [5.74, 6) is 1.49. The molecule has 0 radical (unpaired) electrons. The molecule has 0 amide bonds. The first-order valence-corrected chi connectivity index (χ1v) is 8.14. The van der Waals surface area contributed by atoms with Crippen molar-refractivity contribution in [3.63, 3.8) is 0 Å². The summed E-state index contributed by atoms with van der Waals surface area (Å²) < 4.78 is 0.842.